The Morgan fingerprint density at radius 1 is 1.13 bits per heavy atom. The van der Waals surface area contributed by atoms with Gasteiger partial charge in [-0.1, -0.05) is 48.5 Å². The Balaban J connectivity index is 1.96. The van der Waals surface area contributed by atoms with Crippen LogP contribution in [0.3, 0.4) is 0 Å². The molecule has 0 bridgehead atoms. The van der Waals surface area contributed by atoms with Crippen molar-refractivity contribution in [3.8, 4) is 0 Å². The lowest BCUT2D eigenvalue weighted by Gasteiger charge is -2.38. The average molecular weight is 305 g/mol. The highest BCUT2D eigenvalue weighted by molar-refractivity contribution is 5.88. The molecule has 4 nitrogen and oxygen atoms in total. The molecule has 1 aliphatic heterocycles. The summed E-state index contributed by atoms with van der Waals surface area (Å²) in [4.78, 5) is 17.6. The maximum atomic E-state index is 12.0. The minimum atomic E-state index is -0.299. The van der Waals surface area contributed by atoms with Crippen molar-refractivity contribution in [2.24, 2.45) is 5.73 Å². The van der Waals surface area contributed by atoms with Crippen molar-refractivity contribution in [1.29, 1.82) is 0 Å². The highest BCUT2D eigenvalue weighted by atomic mass is 16.1. The molecule has 1 aromatic heterocycles. The molecule has 2 aromatic carbocycles. The van der Waals surface area contributed by atoms with Crippen LogP contribution in [-0.2, 0) is 11.2 Å². The van der Waals surface area contributed by atoms with E-state index in [-0.39, 0.29) is 18.0 Å². The van der Waals surface area contributed by atoms with E-state index in [9.17, 15) is 4.79 Å². The second-order valence-corrected chi connectivity index (χ2v) is 6.16. The van der Waals surface area contributed by atoms with Crippen molar-refractivity contribution in [3.63, 3.8) is 0 Å². The van der Waals surface area contributed by atoms with Crippen molar-refractivity contribution in [3.05, 3.63) is 71.4 Å². The van der Waals surface area contributed by atoms with E-state index in [1.165, 1.54) is 10.9 Å². The Morgan fingerprint density at radius 3 is 2.57 bits per heavy atom. The van der Waals surface area contributed by atoms with Gasteiger partial charge in [-0.3, -0.25) is 9.69 Å². The molecule has 0 spiro atoms. The molecule has 0 saturated carbocycles. The highest BCUT2D eigenvalue weighted by Gasteiger charge is 2.37. The molecule has 4 rings (SSSR count). The molecular formula is C19H19N3O. The van der Waals surface area contributed by atoms with E-state index in [4.69, 9.17) is 5.73 Å². The van der Waals surface area contributed by atoms with Crippen molar-refractivity contribution in [1.82, 2.24) is 9.88 Å². The van der Waals surface area contributed by atoms with Gasteiger partial charge in [-0.2, -0.15) is 0 Å². The molecule has 0 fully saturated rings. The van der Waals surface area contributed by atoms with Gasteiger partial charge in [0.1, 0.15) is 0 Å². The van der Waals surface area contributed by atoms with Gasteiger partial charge in [0.25, 0.3) is 0 Å². The average Bonchev–Trinajstić information content (AvgIpc) is 2.93. The molecule has 2 unspecified atom stereocenters. The molecule has 3 N–H and O–H groups in total. The zero-order valence-electron chi connectivity index (χ0n) is 13.0. The number of benzene rings is 2. The van der Waals surface area contributed by atoms with Crippen molar-refractivity contribution >= 4 is 16.8 Å². The zero-order valence-corrected chi connectivity index (χ0v) is 13.0. The second-order valence-electron chi connectivity index (χ2n) is 6.16. The van der Waals surface area contributed by atoms with Gasteiger partial charge in [-0.15, -0.1) is 0 Å². The predicted octanol–water partition coefficient (Wildman–Crippen LogP) is 2.60. The summed E-state index contributed by atoms with van der Waals surface area (Å²) in [7, 11) is 1.97. The first-order valence-corrected chi connectivity index (χ1v) is 7.82. The summed E-state index contributed by atoms with van der Waals surface area (Å²) in [6.07, 6.45) is 0.647. The lowest BCUT2D eigenvalue weighted by molar-refractivity contribution is -0.123. The van der Waals surface area contributed by atoms with Gasteiger partial charge in [0.05, 0.1) is 12.1 Å². The normalized spacial score (nSPS) is 21.3. The lowest BCUT2D eigenvalue weighted by atomic mass is 9.88. The van der Waals surface area contributed by atoms with E-state index in [2.05, 4.69) is 34.1 Å². The Morgan fingerprint density at radius 2 is 1.83 bits per heavy atom. The molecule has 4 heteroatoms. The standard InChI is InChI=1S/C19H19N3O/c1-22-16(19(20)23)11-14-13-9-5-6-10-15(13)21-17(14)18(22)12-7-3-2-4-8-12/h2-10,16,18,21H,11H2,1H3,(H2,20,23). The number of H-pyrrole nitrogens is 1. The van der Waals surface area contributed by atoms with Crippen LogP contribution in [-0.4, -0.2) is 28.9 Å². The number of carbonyl (C=O) groups is 1. The number of fused-ring (bicyclic) bond motifs is 3. The number of likely N-dealkylation sites (N-methyl/N-ethyl adjacent to an activating group) is 1. The summed E-state index contributed by atoms with van der Waals surface area (Å²) in [5.41, 5.74) is 10.3. The van der Waals surface area contributed by atoms with E-state index in [1.807, 2.05) is 37.4 Å². The summed E-state index contributed by atoms with van der Waals surface area (Å²) >= 11 is 0. The SMILES string of the molecule is CN1C(C(N)=O)Cc2c([nH]c3ccccc23)C1c1ccccc1. The van der Waals surface area contributed by atoms with Gasteiger partial charge in [-0.25, -0.2) is 0 Å². The summed E-state index contributed by atoms with van der Waals surface area (Å²) in [6.45, 7) is 0. The first-order valence-electron chi connectivity index (χ1n) is 7.82. The molecule has 0 radical (unpaired) electrons. The molecule has 1 aliphatic rings. The van der Waals surface area contributed by atoms with Crippen LogP contribution in [0, 0.1) is 0 Å². The number of primary amides is 1. The summed E-state index contributed by atoms with van der Waals surface area (Å²) in [5, 5.41) is 1.18. The number of para-hydroxylation sites is 1. The van der Waals surface area contributed by atoms with Crippen molar-refractivity contribution in [2.45, 2.75) is 18.5 Å². The van der Waals surface area contributed by atoms with E-state index in [0.717, 1.165) is 16.8 Å². The van der Waals surface area contributed by atoms with Crippen LogP contribution in [0.15, 0.2) is 54.6 Å². The van der Waals surface area contributed by atoms with Gasteiger partial charge in [-0.05, 0) is 30.7 Å². The van der Waals surface area contributed by atoms with Crippen molar-refractivity contribution in [2.75, 3.05) is 7.05 Å². The fourth-order valence-corrected chi connectivity index (χ4v) is 3.73. The van der Waals surface area contributed by atoms with E-state index in [0.29, 0.717) is 6.42 Å². The van der Waals surface area contributed by atoms with Crippen LogP contribution in [0.4, 0.5) is 0 Å². The third kappa shape index (κ3) is 2.14. The van der Waals surface area contributed by atoms with Gasteiger partial charge < -0.3 is 10.7 Å². The van der Waals surface area contributed by atoms with Gasteiger partial charge in [0, 0.05) is 16.6 Å². The Bertz CT molecular complexity index is 869. The minimum Gasteiger partial charge on any atom is -0.368 e. The van der Waals surface area contributed by atoms with Crippen LogP contribution in [0.25, 0.3) is 10.9 Å². The van der Waals surface area contributed by atoms with Gasteiger partial charge in [0.15, 0.2) is 0 Å². The largest absolute Gasteiger partial charge is 0.368 e. The molecule has 2 atom stereocenters. The molecule has 1 amide bonds. The van der Waals surface area contributed by atoms with Crippen LogP contribution in [0.5, 0.6) is 0 Å². The minimum absolute atomic E-state index is 0.00449. The maximum Gasteiger partial charge on any atom is 0.235 e. The maximum absolute atomic E-state index is 12.0. The second kappa shape index (κ2) is 5.25. The quantitative estimate of drug-likeness (QED) is 0.764. The third-order valence-electron chi connectivity index (χ3n) is 4.86. The molecule has 2 heterocycles. The third-order valence-corrected chi connectivity index (χ3v) is 4.86. The number of nitrogens with two attached hydrogens (primary N) is 1. The fraction of sp³-hybridized carbons (Fsp3) is 0.211. The first kappa shape index (κ1) is 14.0. The molecule has 23 heavy (non-hydrogen) atoms. The molecule has 0 aliphatic carbocycles. The van der Waals surface area contributed by atoms with Gasteiger partial charge in [0.2, 0.25) is 5.91 Å². The fourth-order valence-electron chi connectivity index (χ4n) is 3.73. The Labute approximate surface area is 134 Å². The molecule has 0 saturated heterocycles. The number of nitrogens with one attached hydrogen (secondary N) is 1. The number of nitrogens with zero attached hydrogens (tertiary/aromatic N) is 1. The van der Waals surface area contributed by atoms with E-state index >= 15 is 0 Å². The highest BCUT2D eigenvalue weighted by Crippen LogP contribution is 2.39. The number of carbonyl (C=O) groups excluding carboxylic acids is 1. The number of rotatable bonds is 2. The number of aromatic nitrogens is 1. The van der Waals surface area contributed by atoms with Crippen molar-refractivity contribution < 1.29 is 4.79 Å². The number of hydrogen-bond donors (Lipinski definition) is 2. The molecule has 3 aromatic rings. The predicted molar refractivity (Wildman–Crippen MR) is 91.0 cm³/mol. The molecular weight excluding hydrogens is 286 g/mol. The summed E-state index contributed by atoms with van der Waals surface area (Å²) in [6, 6.07) is 18.2. The number of aromatic amines is 1. The smallest absolute Gasteiger partial charge is 0.235 e. The topological polar surface area (TPSA) is 62.1 Å². The lowest BCUT2D eigenvalue weighted by Crippen LogP contribution is -2.49. The number of hydrogen-bond acceptors (Lipinski definition) is 2. The summed E-state index contributed by atoms with van der Waals surface area (Å²) < 4.78 is 0. The van der Waals surface area contributed by atoms with Crippen LogP contribution in [0.2, 0.25) is 0 Å². The zero-order chi connectivity index (χ0) is 16.0. The molecule has 116 valence electrons. The Hall–Kier alpha value is -2.59. The Kier molecular flexibility index (Phi) is 3.20. The van der Waals surface area contributed by atoms with Crippen LogP contribution < -0.4 is 5.73 Å². The first-order chi connectivity index (χ1) is 11.2. The van der Waals surface area contributed by atoms with Crippen LogP contribution >= 0.6 is 0 Å². The number of amides is 1. The monoisotopic (exact) mass is 305 g/mol. The van der Waals surface area contributed by atoms with E-state index in [1.54, 1.807) is 0 Å². The van der Waals surface area contributed by atoms with E-state index < -0.39 is 0 Å². The summed E-state index contributed by atoms with van der Waals surface area (Å²) in [5.74, 6) is -0.274. The van der Waals surface area contributed by atoms with Gasteiger partial charge >= 0.3 is 0 Å². The van der Waals surface area contributed by atoms with Crippen LogP contribution in [0.1, 0.15) is 22.9 Å².